The minimum atomic E-state index is -0.361. The first-order valence-electron chi connectivity index (χ1n) is 8.77. The van der Waals surface area contributed by atoms with Crippen molar-refractivity contribution in [2.75, 3.05) is 17.7 Å². The van der Waals surface area contributed by atoms with Gasteiger partial charge in [-0.1, -0.05) is 17.8 Å². The Hall–Kier alpha value is -2.13. The van der Waals surface area contributed by atoms with Gasteiger partial charge in [-0.25, -0.2) is 4.79 Å². The summed E-state index contributed by atoms with van der Waals surface area (Å²) in [6, 6.07) is 1.78. The Morgan fingerprint density at radius 3 is 2.93 bits per heavy atom. The number of thioether (sulfide) groups is 1. The van der Waals surface area contributed by atoms with Crippen LogP contribution >= 0.6 is 23.1 Å². The maximum atomic E-state index is 12.3. The summed E-state index contributed by atoms with van der Waals surface area (Å²) in [5, 5.41) is 12.7. The Kier molecular flexibility index (Phi) is 6.33. The molecule has 0 unspecified atom stereocenters. The molecule has 27 heavy (non-hydrogen) atoms. The molecule has 1 amide bonds. The number of esters is 1. The summed E-state index contributed by atoms with van der Waals surface area (Å²) in [7, 11) is 0. The lowest BCUT2D eigenvalue weighted by atomic mass is 10.3. The van der Waals surface area contributed by atoms with Gasteiger partial charge in [0.05, 0.1) is 17.4 Å². The van der Waals surface area contributed by atoms with Gasteiger partial charge >= 0.3 is 5.97 Å². The number of amides is 1. The van der Waals surface area contributed by atoms with E-state index < -0.39 is 0 Å². The predicted octanol–water partition coefficient (Wildman–Crippen LogP) is 3.62. The highest BCUT2D eigenvalue weighted by molar-refractivity contribution is 7.99. The molecule has 3 rings (SSSR count). The average molecular weight is 407 g/mol. The van der Waals surface area contributed by atoms with Crippen molar-refractivity contribution in [1.29, 1.82) is 0 Å². The standard InChI is InChI=1S/C18H22N4O3S2/c1-4-8-22-16(12-6-7-12)20-21-18(22)26-10-13(23)19-14-9-11(3)15(27-14)17(24)25-5-2/h4,9,12H,1,5-8,10H2,2-3H3,(H,19,23). The first kappa shape index (κ1) is 19.6. The fourth-order valence-corrected chi connectivity index (χ4v) is 4.34. The van der Waals surface area contributed by atoms with Gasteiger partial charge in [0.15, 0.2) is 5.16 Å². The second kappa shape index (κ2) is 8.71. The predicted molar refractivity (Wildman–Crippen MR) is 107 cm³/mol. The van der Waals surface area contributed by atoms with Gasteiger partial charge in [-0.15, -0.1) is 28.1 Å². The molecule has 1 aliphatic carbocycles. The van der Waals surface area contributed by atoms with Gasteiger partial charge in [0, 0.05) is 12.5 Å². The lowest BCUT2D eigenvalue weighted by Crippen LogP contribution is -2.14. The van der Waals surface area contributed by atoms with Gasteiger partial charge in [-0.2, -0.15) is 0 Å². The van der Waals surface area contributed by atoms with Crippen LogP contribution in [0, 0.1) is 6.92 Å². The van der Waals surface area contributed by atoms with Crippen molar-refractivity contribution in [3.63, 3.8) is 0 Å². The van der Waals surface area contributed by atoms with Crippen molar-refractivity contribution in [2.24, 2.45) is 0 Å². The number of hydrogen-bond acceptors (Lipinski definition) is 7. The Morgan fingerprint density at radius 2 is 2.26 bits per heavy atom. The second-order valence-corrected chi connectivity index (χ2v) is 8.19. The largest absolute Gasteiger partial charge is 0.462 e. The first-order valence-corrected chi connectivity index (χ1v) is 10.6. The lowest BCUT2D eigenvalue weighted by molar-refractivity contribution is -0.113. The summed E-state index contributed by atoms with van der Waals surface area (Å²) in [6.45, 7) is 8.33. The molecule has 9 heteroatoms. The second-order valence-electron chi connectivity index (χ2n) is 6.19. The zero-order chi connectivity index (χ0) is 19.4. The van der Waals surface area contributed by atoms with E-state index in [0.717, 1.165) is 29.4 Å². The van der Waals surface area contributed by atoms with Crippen molar-refractivity contribution in [3.05, 3.63) is 35.0 Å². The van der Waals surface area contributed by atoms with Crippen LogP contribution in [-0.4, -0.2) is 39.0 Å². The third-order valence-electron chi connectivity index (χ3n) is 3.97. The van der Waals surface area contributed by atoms with Gasteiger partial charge < -0.3 is 14.6 Å². The van der Waals surface area contributed by atoms with Crippen LogP contribution in [0.1, 0.15) is 46.7 Å². The van der Waals surface area contributed by atoms with E-state index in [9.17, 15) is 9.59 Å². The van der Waals surface area contributed by atoms with E-state index in [4.69, 9.17) is 4.74 Å². The molecule has 7 nitrogen and oxygen atoms in total. The van der Waals surface area contributed by atoms with E-state index in [1.54, 1.807) is 13.0 Å². The number of aryl methyl sites for hydroxylation is 1. The van der Waals surface area contributed by atoms with Crippen molar-refractivity contribution < 1.29 is 14.3 Å². The van der Waals surface area contributed by atoms with E-state index in [0.29, 0.717) is 28.9 Å². The third-order valence-corrected chi connectivity index (χ3v) is 6.07. The van der Waals surface area contributed by atoms with Crippen LogP contribution in [0.3, 0.4) is 0 Å². The number of ether oxygens (including phenoxy) is 1. The van der Waals surface area contributed by atoms with Crippen LogP contribution in [0.2, 0.25) is 0 Å². The number of rotatable bonds is 9. The number of anilines is 1. The van der Waals surface area contributed by atoms with E-state index in [2.05, 4.69) is 22.1 Å². The normalized spacial score (nSPS) is 13.4. The lowest BCUT2D eigenvalue weighted by Gasteiger charge is -2.07. The Balaban J connectivity index is 1.60. The molecule has 0 aromatic carbocycles. The monoisotopic (exact) mass is 406 g/mol. The third kappa shape index (κ3) is 4.78. The summed E-state index contributed by atoms with van der Waals surface area (Å²) >= 11 is 2.57. The SMILES string of the molecule is C=CCn1c(SCC(=O)Nc2cc(C)c(C(=O)OCC)s2)nnc1C1CC1. The summed E-state index contributed by atoms with van der Waals surface area (Å²) in [6.07, 6.45) is 4.09. The van der Waals surface area contributed by atoms with E-state index in [1.165, 1.54) is 23.1 Å². The van der Waals surface area contributed by atoms with Crippen molar-refractivity contribution in [3.8, 4) is 0 Å². The highest BCUT2D eigenvalue weighted by Crippen LogP contribution is 2.40. The molecule has 0 spiro atoms. The number of nitrogens with one attached hydrogen (secondary N) is 1. The summed E-state index contributed by atoms with van der Waals surface area (Å²) in [5.74, 6) is 1.16. The molecule has 2 aromatic rings. The molecular formula is C18H22N4O3S2. The molecule has 1 aliphatic rings. The minimum absolute atomic E-state index is 0.155. The zero-order valence-electron chi connectivity index (χ0n) is 15.4. The number of hydrogen-bond donors (Lipinski definition) is 1. The molecule has 0 saturated heterocycles. The van der Waals surface area contributed by atoms with Crippen LogP contribution in [0.4, 0.5) is 5.00 Å². The van der Waals surface area contributed by atoms with Gasteiger partial charge in [0.25, 0.3) is 0 Å². The molecule has 0 radical (unpaired) electrons. The molecule has 0 aliphatic heterocycles. The van der Waals surface area contributed by atoms with Gasteiger partial charge in [-0.05, 0) is 38.3 Å². The number of nitrogens with zero attached hydrogens (tertiary/aromatic N) is 3. The van der Waals surface area contributed by atoms with E-state index in [1.807, 2.05) is 17.6 Å². The number of carbonyl (C=O) groups is 2. The molecular weight excluding hydrogens is 384 g/mol. The van der Waals surface area contributed by atoms with Crippen LogP contribution in [-0.2, 0) is 16.1 Å². The van der Waals surface area contributed by atoms with Gasteiger partial charge in [0.2, 0.25) is 5.91 Å². The van der Waals surface area contributed by atoms with Gasteiger partial charge in [0.1, 0.15) is 10.7 Å². The Morgan fingerprint density at radius 1 is 1.48 bits per heavy atom. The molecule has 1 saturated carbocycles. The van der Waals surface area contributed by atoms with Crippen LogP contribution < -0.4 is 5.32 Å². The fourth-order valence-electron chi connectivity index (χ4n) is 2.60. The quantitative estimate of drug-likeness (QED) is 0.389. The maximum absolute atomic E-state index is 12.3. The molecule has 2 heterocycles. The highest BCUT2D eigenvalue weighted by atomic mass is 32.2. The van der Waals surface area contributed by atoms with Crippen LogP contribution in [0.15, 0.2) is 23.9 Å². The summed E-state index contributed by atoms with van der Waals surface area (Å²) in [5.41, 5.74) is 0.793. The minimum Gasteiger partial charge on any atom is -0.462 e. The van der Waals surface area contributed by atoms with Crippen LogP contribution in [0.25, 0.3) is 0 Å². The maximum Gasteiger partial charge on any atom is 0.348 e. The van der Waals surface area contributed by atoms with Crippen molar-refractivity contribution in [1.82, 2.24) is 14.8 Å². The molecule has 0 bridgehead atoms. The van der Waals surface area contributed by atoms with Crippen molar-refractivity contribution in [2.45, 2.75) is 44.3 Å². The molecule has 1 fully saturated rings. The van der Waals surface area contributed by atoms with Gasteiger partial charge in [-0.3, -0.25) is 4.79 Å². The molecule has 144 valence electrons. The molecule has 0 atom stereocenters. The summed E-state index contributed by atoms with van der Waals surface area (Å²) in [4.78, 5) is 24.7. The highest BCUT2D eigenvalue weighted by Gasteiger charge is 2.30. The number of thiophene rings is 1. The van der Waals surface area contributed by atoms with E-state index >= 15 is 0 Å². The number of allylic oxidation sites excluding steroid dienone is 1. The molecule has 1 N–H and O–H groups in total. The number of aromatic nitrogens is 3. The number of carbonyl (C=O) groups excluding carboxylic acids is 2. The topological polar surface area (TPSA) is 86.1 Å². The van der Waals surface area contributed by atoms with Crippen LogP contribution in [0.5, 0.6) is 0 Å². The fraction of sp³-hybridized carbons (Fsp3) is 0.444. The molecule has 2 aromatic heterocycles. The average Bonchev–Trinajstić information content (AvgIpc) is 3.30. The summed E-state index contributed by atoms with van der Waals surface area (Å²) < 4.78 is 7.05. The van der Waals surface area contributed by atoms with E-state index in [-0.39, 0.29) is 17.6 Å². The Labute approximate surface area is 166 Å². The van der Waals surface area contributed by atoms with Crippen molar-refractivity contribution >= 4 is 40.0 Å². The smallest absolute Gasteiger partial charge is 0.348 e. The Bertz CT molecular complexity index is 855. The first-order chi connectivity index (χ1) is 13.0. The zero-order valence-corrected chi connectivity index (χ0v) is 17.0.